The molecule has 0 radical (unpaired) electrons. The number of benzene rings is 2. The van der Waals surface area contributed by atoms with Crippen LogP contribution in [0, 0.1) is 0 Å². The van der Waals surface area contributed by atoms with E-state index in [1.165, 1.54) is 0 Å². The molecule has 1 heterocycles. The fourth-order valence-electron chi connectivity index (χ4n) is 3.09. The summed E-state index contributed by atoms with van der Waals surface area (Å²) in [4.78, 5) is 14.2. The van der Waals surface area contributed by atoms with Gasteiger partial charge in [0.1, 0.15) is 0 Å². The van der Waals surface area contributed by atoms with Gasteiger partial charge in [-0.2, -0.15) is 5.10 Å². The van der Waals surface area contributed by atoms with Gasteiger partial charge in [-0.3, -0.25) is 9.69 Å². The number of nitrogens with one attached hydrogen (secondary N) is 1. The van der Waals surface area contributed by atoms with Crippen molar-refractivity contribution in [2.75, 3.05) is 13.6 Å². The highest BCUT2D eigenvalue weighted by Gasteiger charge is 2.16. The minimum Gasteiger partial charge on any atom is -0.353 e. The van der Waals surface area contributed by atoms with Crippen LogP contribution in [-0.4, -0.2) is 40.2 Å². The van der Waals surface area contributed by atoms with Gasteiger partial charge in [-0.1, -0.05) is 55.5 Å². The number of hydrogen-bond donors (Lipinski definition) is 1. The van der Waals surface area contributed by atoms with E-state index in [4.69, 9.17) is 5.10 Å². The van der Waals surface area contributed by atoms with Crippen LogP contribution >= 0.6 is 0 Å². The molecule has 1 aromatic heterocycles. The number of para-hydroxylation sites is 1. The van der Waals surface area contributed by atoms with Crippen molar-refractivity contribution >= 4 is 5.91 Å². The molecule has 0 aliphatic heterocycles. The number of likely N-dealkylation sites (N-methyl/N-ethyl adjacent to an activating group) is 1. The van der Waals surface area contributed by atoms with Crippen LogP contribution < -0.4 is 5.32 Å². The van der Waals surface area contributed by atoms with E-state index >= 15 is 0 Å². The third-order valence-corrected chi connectivity index (χ3v) is 4.73. The molecule has 0 spiro atoms. The molecule has 0 aliphatic rings. The largest absolute Gasteiger partial charge is 0.353 e. The SMILES string of the molecule is CC[C@@H](C)NC(=O)CN(C)Cc1cn(-c2ccccc2)nc1-c1ccccc1. The number of rotatable bonds is 8. The van der Waals surface area contributed by atoms with Gasteiger partial charge in [0, 0.05) is 29.9 Å². The van der Waals surface area contributed by atoms with Crippen LogP contribution in [0.2, 0.25) is 0 Å². The van der Waals surface area contributed by atoms with Gasteiger partial charge in [-0.05, 0) is 32.5 Å². The van der Waals surface area contributed by atoms with Crippen LogP contribution in [0.1, 0.15) is 25.8 Å². The van der Waals surface area contributed by atoms with E-state index in [0.29, 0.717) is 13.1 Å². The van der Waals surface area contributed by atoms with E-state index in [2.05, 4.69) is 30.6 Å². The summed E-state index contributed by atoms with van der Waals surface area (Å²) in [5.41, 5.74) is 4.13. The molecule has 0 unspecified atom stereocenters. The lowest BCUT2D eigenvalue weighted by Gasteiger charge is -2.18. The molecule has 0 saturated heterocycles. The van der Waals surface area contributed by atoms with Gasteiger partial charge in [0.15, 0.2) is 0 Å². The summed E-state index contributed by atoms with van der Waals surface area (Å²) in [6.07, 6.45) is 2.98. The Morgan fingerprint density at radius 2 is 1.75 bits per heavy atom. The number of aromatic nitrogens is 2. The van der Waals surface area contributed by atoms with Crippen molar-refractivity contribution in [1.82, 2.24) is 20.0 Å². The average Bonchev–Trinajstić information content (AvgIpc) is 3.12. The maximum absolute atomic E-state index is 12.2. The molecule has 1 amide bonds. The zero-order valence-corrected chi connectivity index (χ0v) is 16.8. The fourth-order valence-corrected chi connectivity index (χ4v) is 3.09. The molecule has 5 heteroatoms. The Bertz CT molecular complexity index is 889. The Hall–Kier alpha value is -2.92. The van der Waals surface area contributed by atoms with Gasteiger partial charge in [0.05, 0.1) is 17.9 Å². The highest BCUT2D eigenvalue weighted by atomic mass is 16.2. The topological polar surface area (TPSA) is 50.2 Å². The smallest absolute Gasteiger partial charge is 0.234 e. The maximum atomic E-state index is 12.2. The van der Waals surface area contributed by atoms with E-state index in [1.807, 2.05) is 72.1 Å². The number of nitrogens with zero attached hydrogens (tertiary/aromatic N) is 3. The number of amides is 1. The van der Waals surface area contributed by atoms with Gasteiger partial charge < -0.3 is 5.32 Å². The molecule has 0 fully saturated rings. The third-order valence-electron chi connectivity index (χ3n) is 4.73. The molecule has 3 aromatic rings. The zero-order valence-electron chi connectivity index (χ0n) is 16.8. The Morgan fingerprint density at radius 1 is 1.11 bits per heavy atom. The molecule has 1 N–H and O–H groups in total. The Morgan fingerprint density at radius 3 is 2.39 bits per heavy atom. The second-order valence-electron chi connectivity index (χ2n) is 7.20. The van der Waals surface area contributed by atoms with Gasteiger partial charge in [0.2, 0.25) is 5.91 Å². The van der Waals surface area contributed by atoms with Crippen molar-refractivity contribution < 1.29 is 4.79 Å². The Kier molecular flexibility index (Phi) is 6.61. The lowest BCUT2D eigenvalue weighted by atomic mass is 10.1. The minimum absolute atomic E-state index is 0.0496. The molecule has 0 bridgehead atoms. The van der Waals surface area contributed by atoms with Crippen molar-refractivity contribution in [2.24, 2.45) is 0 Å². The lowest BCUT2D eigenvalue weighted by Crippen LogP contribution is -2.39. The summed E-state index contributed by atoms with van der Waals surface area (Å²) in [5.74, 6) is 0.0496. The van der Waals surface area contributed by atoms with Crippen molar-refractivity contribution in [2.45, 2.75) is 32.9 Å². The molecule has 2 aromatic carbocycles. The molecule has 3 rings (SSSR count). The molecular weight excluding hydrogens is 348 g/mol. The van der Waals surface area contributed by atoms with E-state index in [0.717, 1.165) is 28.9 Å². The molecule has 0 saturated carbocycles. The van der Waals surface area contributed by atoms with Crippen LogP contribution in [0.15, 0.2) is 66.9 Å². The maximum Gasteiger partial charge on any atom is 0.234 e. The third kappa shape index (κ3) is 5.08. The van der Waals surface area contributed by atoms with E-state index < -0.39 is 0 Å². The molecule has 146 valence electrons. The quantitative estimate of drug-likeness (QED) is 0.649. The summed E-state index contributed by atoms with van der Waals surface area (Å²) in [6, 6.07) is 20.4. The van der Waals surface area contributed by atoms with Crippen LogP contribution in [0.3, 0.4) is 0 Å². The van der Waals surface area contributed by atoms with Gasteiger partial charge in [-0.25, -0.2) is 4.68 Å². The first-order chi connectivity index (χ1) is 13.6. The summed E-state index contributed by atoms with van der Waals surface area (Å²) >= 11 is 0. The second-order valence-corrected chi connectivity index (χ2v) is 7.20. The van der Waals surface area contributed by atoms with Crippen molar-refractivity contribution in [3.8, 4) is 16.9 Å². The van der Waals surface area contributed by atoms with Crippen molar-refractivity contribution in [3.05, 3.63) is 72.4 Å². The first kappa shape index (κ1) is 19.8. The second kappa shape index (κ2) is 9.33. The van der Waals surface area contributed by atoms with E-state index in [1.54, 1.807) is 0 Å². The predicted octanol–water partition coefficient (Wildman–Crippen LogP) is 3.89. The molecular formula is C23H28N4O. The zero-order chi connectivity index (χ0) is 19.9. The molecule has 0 aliphatic carbocycles. The molecule has 5 nitrogen and oxygen atoms in total. The lowest BCUT2D eigenvalue weighted by molar-refractivity contribution is -0.122. The van der Waals surface area contributed by atoms with E-state index in [9.17, 15) is 4.79 Å². The number of carbonyl (C=O) groups is 1. The number of hydrogen-bond acceptors (Lipinski definition) is 3. The fraction of sp³-hybridized carbons (Fsp3) is 0.304. The highest BCUT2D eigenvalue weighted by molar-refractivity contribution is 5.78. The van der Waals surface area contributed by atoms with Crippen molar-refractivity contribution in [1.29, 1.82) is 0 Å². The summed E-state index contributed by atoms with van der Waals surface area (Å²) in [5, 5.41) is 7.86. The Labute approximate surface area is 167 Å². The molecule has 1 atom stereocenters. The summed E-state index contributed by atoms with van der Waals surface area (Å²) in [6.45, 7) is 5.09. The van der Waals surface area contributed by atoms with Gasteiger partial charge in [-0.15, -0.1) is 0 Å². The standard InChI is InChI=1S/C23H28N4O/c1-4-18(2)24-22(28)17-26(3)15-20-16-27(21-13-9-6-10-14-21)25-23(20)19-11-7-5-8-12-19/h5-14,16,18H,4,15,17H2,1-3H3,(H,24,28)/t18-/m1/s1. The Balaban J connectivity index is 1.83. The van der Waals surface area contributed by atoms with Crippen molar-refractivity contribution in [3.63, 3.8) is 0 Å². The highest BCUT2D eigenvalue weighted by Crippen LogP contribution is 2.24. The van der Waals surface area contributed by atoms with Gasteiger partial charge >= 0.3 is 0 Å². The summed E-state index contributed by atoms with van der Waals surface area (Å²) in [7, 11) is 1.96. The number of carbonyl (C=O) groups excluding carboxylic acids is 1. The van der Waals surface area contributed by atoms with Crippen LogP contribution in [0.25, 0.3) is 16.9 Å². The summed E-state index contributed by atoms with van der Waals surface area (Å²) < 4.78 is 1.91. The van der Waals surface area contributed by atoms with E-state index in [-0.39, 0.29) is 11.9 Å². The average molecular weight is 377 g/mol. The van der Waals surface area contributed by atoms with Gasteiger partial charge in [0.25, 0.3) is 0 Å². The minimum atomic E-state index is 0.0496. The monoisotopic (exact) mass is 376 g/mol. The molecule has 28 heavy (non-hydrogen) atoms. The predicted molar refractivity (Wildman–Crippen MR) is 113 cm³/mol. The first-order valence-electron chi connectivity index (χ1n) is 9.74. The first-order valence-corrected chi connectivity index (χ1v) is 9.74. The normalized spacial score (nSPS) is 12.1. The van der Waals surface area contributed by atoms with Crippen LogP contribution in [0.4, 0.5) is 0 Å². The van der Waals surface area contributed by atoms with Crippen LogP contribution in [0.5, 0.6) is 0 Å². The van der Waals surface area contributed by atoms with Crippen LogP contribution in [-0.2, 0) is 11.3 Å².